The number of carbonyl (C=O) groups excluding carboxylic acids is 3. The van der Waals surface area contributed by atoms with Crippen molar-refractivity contribution in [3.8, 4) is 0 Å². The van der Waals surface area contributed by atoms with E-state index >= 15 is 4.39 Å². The molecule has 0 aromatic carbocycles. The van der Waals surface area contributed by atoms with E-state index in [0.717, 1.165) is 0 Å². The molecule has 7 rings (SSSR count). The van der Waals surface area contributed by atoms with E-state index in [0.29, 0.717) is 37.8 Å². The van der Waals surface area contributed by atoms with Gasteiger partial charge in [0.15, 0.2) is 29.6 Å². The third-order valence-corrected chi connectivity index (χ3v) is 22.2. The van der Waals surface area contributed by atoms with Gasteiger partial charge in [-0.2, -0.15) is 0 Å². The Balaban J connectivity index is 1.09. The number of ketones is 1. The molecular formula is C62H105FN4O16. The van der Waals surface area contributed by atoms with Crippen LogP contribution in [0.5, 0.6) is 0 Å². The average molecular weight is 1180 g/mol. The fourth-order valence-electron chi connectivity index (χ4n) is 16.8. The summed E-state index contributed by atoms with van der Waals surface area (Å²) >= 11 is 0. The summed E-state index contributed by atoms with van der Waals surface area (Å²) in [5.74, 6) is -5.56. The van der Waals surface area contributed by atoms with Gasteiger partial charge < -0.3 is 84.6 Å². The van der Waals surface area contributed by atoms with Gasteiger partial charge in [0.25, 0.3) is 5.91 Å². The average Bonchev–Trinajstić information content (AvgIpc) is 1.69. The molecule has 0 aromatic heterocycles. The number of alkyl halides is 1. The molecule has 0 aromatic rings. The molecule has 3 saturated carbocycles. The number of carbonyl (C=O) groups is 3. The number of aliphatic hydroxyl groups is 7. The van der Waals surface area contributed by atoms with Crippen LogP contribution in [-0.2, 0) is 42.8 Å². The van der Waals surface area contributed by atoms with Gasteiger partial charge in [-0.25, -0.2) is 4.39 Å². The number of rotatable bonds is 13. The lowest BCUT2D eigenvalue weighted by Crippen LogP contribution is -2.70. The number of hydrogen-bond donors (Lipinski definition) is 9. The Hall–Kier alpha value is -2.58. The molecule has 0 bridgehead atoms. The standard InChI is InChI=1S/C62H105FN4O16/c1-18-46-59(13,75)50(71)38(7)67(16)31-33(2)28-57(11,74)51(83-53-48(70)44(66(14)15)26-35(4)79-53)36(5)49(37(6)52(72)81-46)82-47-30-58(12,78-17)60(76,39(8)80-47)32-64-23-24-65-54(73)62(77)34(3)25-43-42-20-19-40-27-41(68)21-22-55(40,9)61(42,63)45(69)29-56(43,62)10/h21-22,27,33-39,42-51,53,64,69-71,74-77H,18-20,23-26,28-32H2,1-17H3,(H,65,73)/t33-,34-,35-,36+,37-,38-,39+,42?,43?,44+,45+,46-,47+,48-,49+,50-,51?,53+,55+,56+,57-,58-,59-,60+,61+,62+/m1/s1. The first kappa shape index (κ1) is 67.9. The zero-order chi connectivity index (χ0) is 62.1. The predicted molar refractivity (Wildman–Crippen MR) is 307 cm³/mol. The highest BCUT2D eigenvalue weighted by Gasteiger charge is 2.76. The maximum Gasteiger partial charge on any atom is 0.311 e. The highest BCUT2D eigenvalue weighted by Crippen LogP contribution is 2.70. The van der Waals surface area contributed by atoms with Crippen LogP contribution in [0.4, 0.5) is 4.39 Å². The van der Waals surface area contributed by atoms with Crippen molar-refractivity contribution < 1.29 is 82.9 Å². The van der Waals surface area contributed by atoms with Crippen LogP contribution in [0.15, 0.2) is 23.8 Å². The zero-order valence-corrected chi connectivity index (χ0v) is 52.7. The number of methoxy groups -OCH3 is 1. The van der Waals surface area contributed by atoms with Gasteiger partial charge in [-0.05, 0) is 151 Å². The van der Waals surface area contributed by atoms with Crippen molar-refractivity contribution in [2.24, 2.45) is 46.3 Å². The van der Waals surface area contributed by atoms with E-state index in [9.17, 15) is 50.1 Å². The zero-order valence-electron chi connectivity index (χ0n) is 52.7. The Morgan fingerprint density at radius 1 is 0.904 bits per heavy atom. The van der Waals surface area contributed by atoms with Crippen LogP contribution in [0, 0.1) is 46.3 Å². The molecule has 476 valence electrons. The summed E-state index contributed by atoms with van der Waals surface area (Å²) < 4.78 is 56.8. The first-order chi connectivity index (χ1) is 38.4. The van der Waals surface area contributed by atoms with Crippen molar-refractivity contribution in [2.45, 2.75) is 249 Å². The predicted octanol–water partition coefficient (Wildman–Crippen LogP) is 3.32. The van der Waals surface area contributed by atoms with Crippen LogP contribution < -0.4 is 10.6 Å². The topological polar surface area (TPSA) is 279 Å². The van der Waals surface area contributed by atoms with E-state index < -0.39 is 147 Å². The van der Waals surface area contributed by atoms with Crippen molar-refractivity contribution in [1.82, 2.24) is 20.4 Å². The quantitative estimate of drug-likeness (QED) is 0.0945. The molecule has 9 N–H and O–H groups in total. The number of hydrogen-bond acceptors (Lipinski definition) is 19. The van der Waals surface area contributed by atoms with Crippen molar-refractivity contribution in [2.75, 3.05) is 54.4 Å². The lowest BCUT2D eigenvalue weighted by atomic mass is 9.44. The molecule has 26 atom stereocenters. The van der Waals surface area contributed by atoms with Crippen molar-refractivity contribution in [3.05, 3.63) is 23.8 Å². The Bertz CT molecular complexity index is 2380. The molecule has 20 nitrogen and oxygen atoms in total. The van der Waals surface area contributed by atoms with Gasteiger partial charge in [0.2, 0.25) is 0 Å². The molecule has 3 saturated heterocycles. The SMILES string of the molecule is CC[C@H]1OC(=O)[C@H](C)[C@@H](O[C@H]2C[C@@](C)(OC)[C@](O)(CNCCNC(=O)[C@@]3(O)[C@H](C)CC4C5CCC6=CC(=O)C=C[C@]6(C)[C@@]5(F)[C@@H](O)C[C@@]43C)[C@H](C)O2)[C@H](C)C(O[C@@H]2O[C@H](C)C[C@H](N(C)C)[C@H]2O)[C@](C)(O)C[C@@H](C)CN(C)[C@H](C)[C@@H](O)[C@]1(C)O. The number of cyclic esters (lactones) is 1. The number of esters is 1. The van der Waals surface area contributed by atoms with E-state index in [4.69, 9.17) is 28.4 Å². The lowest BCUT2D eigenvalue weighted by Gasteiger charge is -2.62. The summed E-state index contributed by atoms with van der Waals surface area (Å²) in [6.45, 7) is 23.0. The molecular weight excluding hydrogens is 1080 g/mol. The van der Waals surface area contributed by atoms with Gasteiger partial charge in [0, 0.05) is 74.5 Å². The highest BCUT2D eigenvalue weighted by atomic mass is 19.1. The molecule has 3 unspecified atom stereocenters. The molecule has 7 aliphatic rings. The Morgan fingerprint density at radius 2 is 1.57 bits per heavy atom. The first-order valence-corrected chi connectivity index (χ1v) is 30.7. The fraction of sp³-hybridized carbons (Fsp3) is 0.887. The van der Waals surface area contributed by atoms with Gasteiger partial charge in [-0.3, -0.25) is 14.4 Å². The van der Waals surface area contributed by atoms with Crippen molar-refractivity contribution in [1.29, 1.82) is 0 Å². The van der Waals surface area contributed by atoms with Crippen LogP contribution in [0.1, 0.15) is 141 Å². The number of amides is 1. The minimum absolute atomic E-state index is 0.0272. The number of nitrogens with one attached hydrogen (secondary N) is 2. The van der Waals surface area contributed by atoms with Crippen LogP contribution >= 0.6 is 0 Å². The summed E-state index contributed by atoms with van der Waals surface area (Å²) in [4.78, 5) is 45.2. The number of nitrogens with zero attached hydrogens (tertiary/aromatic N) is 2. The first-order valence-electron chi connectivity index (χ1n) is 30.7. The minimum Gasteiger partial charge on any atom is -0.459 e. The molecule has 83 heavy (non-hydrogen) atoms. The number of likely N-dealkylation sites (N-methyl/N-ethyl adjacent to an activating group) is 2. The van der Waals surface area contributed by atoms with Gasteiger partial charge in [-0.1, -0.05) is 46.3 Å². The highest BCUT2D eigenvalue weighted by molar-refractivity contribution is 6.01. The van der Waals surface area contributed by atoms with Crippen LogP contribution in [0.3, 0.4) is 0 Å². The number of halogens is 1. The second-order valence-corrected chi connectivity index (χ2v) is 28.1. The van der Waals surface area contributed by atoms with Crippen LogP contribution in [-0.4, -0.2) is 225 Å². The maximum atomic E-state index is 17.8. The summed E-state index contributed by atoms with van der Waals surface area (Å²) in [6, 6.07) is -0.954. The van der Waals surface area contributed by atoms with Crippen LogP contribution in [0.2, 0.25) is 0 Å². The number of ether oxygens (including phenoxy) is 6. The molecule has 21 heteroatoms. The number of aliphatic hydroxyl groups excluding tert-OH is 3. The minimum atomic E-state index is -2.11. The van der Waals surface area contributed by atoms with E-state index in [1.165, 1.54) is 26.2 Å². The molecule has 3 aliphatic heterocycles. The third kappa shape index (κ3) is 11.9. The van der Waals surface area contributed by atoms with Crippen molar-refractivity contribution in [3.63, 3.8) is 0 Å². The van der Waals surface area contributed by atoms with Crippen LogP contribution in [0.25, 0.3) is 0 Å². The maximum absolute atomic E-state index is 17.8. The second kappa shape index (κ2) is 24.8. The Kier molecular flexibility index (Phi) is 20.3. The summed E-state index contributed by atoms with van der Waals surface area (Å²) in [6.07, 6.45) is -4.98. The second-order valence-electron chi connectivity index (χ2n) is 28.1. The third-order valence-electron chi connectivity index (χ3n) is 22.2. The molecule has 1 amide bonds. The van der Waals surface area contributed by atoms with E-state index in [2.05, 4.69) is 10.6 Å². The Labute approximate surface area is 492 Å². The Morgan fingerprint density at radius 3 is 2.19 bits per heavy atom. The van der Waals surface area contributed by atoms with Gasteiger partial charge in [0.1, 0.15) is 35.1 Å². The van der Waals surface area contributed by atoms with Gasteiger partial charge >= 0.3 is 5.97 Å². The van der Waals surface area contributed by atoms with E-state index in [-0.39, 0.29) is 69.2 Å². The smallest absolute Gasteiger partial charge is 0.311 e. The fourth-order valence-corrected chi connectivity index (χ4v) is 16.8. The monoisotopic (exact) mass is 1180 g/mol. The molecule has 4 aliphatic carbocycles. The molecule has 6 fully saturated rings. The van der Waals surface area contributed by atoms with E-state index in [1.54, 1.807) is 75.3 Å². The largest absolute Gasteiger partial charge is 0.459 e. The van der Waals surface area contributed by atoms with Gasteiger partial charge in [0.05, 0.1) is 42.0 Å². The number of allylic oxidation sites excluding steroid dienone is 4. The number of fused-ring (bicyclic) bond motifs is 5. The summed E-state index contributed by atoms with van der Waals surface area (Å²) in [7, 11) is 7.00. The van der Waals surface area contributed by atoms with Gasteiger partial charge in [-0.15, -0.1) is 0 Å². The van der Waals surface area contributed by atoms with E-state index in [1.807, 2.05) is 44.8 Å². The molecule has 3 heterocycles. The summed E-state index contributed by atoms with van der Waals surface area (Å²) in [5.41, 5.74) is -12.5. The van der Waals surface area contributed by atoms with Crippen molar-refractivity contribution >= 4 is 17.7 Å². The normalized spacial score (nSPS) is 50.3. The molecule has 0 radical (unpaired) electrons. The molecule has 0 spiro atoms. The lowest BCUT2D eigenvalue weighted by molar-refractivity contribution is -0.336. The summed E-state index contributed by atoms with van der Waals surface area (Å²) in [5, 5.41) is 91.6.